The minimum absolute atomic E-state index is 0.118. The van der Waals surface area contributed by atoms with Crippen LogP contribution in [0.25, 0.3) is 11.0 Å². The number of fused-ring (bicyclic) bond motifs is 1. The van der Waals surface area contributed by atoms with E-state index in [2.05, 4.69) is 36.3 Å². The van der Waals surface area contributed by atoms with Crippen molar-refractivity contribution in [2.24, 2.45) is 0 Å². The Balaban J connectivity index is 1.49. The van der Waals surface area contributed by atoms with Crippen LogP contribution in [-0.2, 0) is 11.3 Å². The van der Waals surface area contributed by atoms with Gasteiger partial charge in [0.05, 0.1) is 17.6 Å². The molecule has 29 heavy (non-hydrogen) atoms. The number of aryl methyl sites for hydroxylation is 2. The maximum Gasteiger partial charge on any atom is 0.223 e. The van der Waals surface area contributed by atoms with E-state index >= 15 is 0 Å². The number of likely N-dealkylation sites (tertiary alicyclic amines) is 1. The van der Waals surface area contributed by atoms with Gasteiger partial charge < -0.3 is 14.2 Å². The molecular formula is C24H27N3O2. The Labute approximate surface area is 171 Å². The number of imidazole rings is 1. The molecule has 3 aromatic rings. The van der Waals surface area contributed by atoms with Crippen molar-refractivity contribution in [1.29, 1.82) is 0 Å². The van der Waals surface area contributed by atoms with Crippen LogP contribution in [0, 0.1) is 6.92 Å². The lowest BCUT2D eigenvalue weighted by Crippen LogP contribution is -2.25. The molecule has 1 amide bonds. The predicted molar refractivity (Wildman–Crippen MR) is 115 cm³/mol. The number of aromatic nitrogens is 2. The molecule has 5 heteroatoms. The summed E-state index contributed by atoms with van der Waals surface area (Å²) in [5.41, 5.74) is 3.33. The number of rotatable bonds is 8. The Hall–Kier alpha value is -3.08. The van der Waals surface area contributed by atoms with Gasteiger partial charge in [0.25, 0.3) is 0 Å². The van der Waals surface area contributed by atoms with E-state index in [0.717, 1.165) is 35.6 Å². The predicted octanol–water partition coefficient (Wildman–Crippen LogP) is 4.32. The minimum atomic E-state index is 0.118. The third kappa shape index (κ3) is 4.19. The van der Waals surface area contributed by atoms with Crippen LogP contribution in [0.3, 0.4) is 0 Å². The molecule has 5 nitrogen and oxygen atoms in total. The van der Waals surface area contributed by atoms with Crippen LogP contribution < -0.4 is 4.74 Å². The van der Waals surface area contributed by atoms with Gasteiger partial charge in [0.2, 0.25) is 5.91 Å². The van der Waals surface area contributed by atoms with Crippen molar-refractivity contribution in [2.75, 3.05) is 19.7 Å². The number of carbonyl (C=O) groups is 1. The lowest BCUT2D eigenvalue weighted by molar-refractivity contribution is -0.127. The molecular weight excluding hydrogens is 362 g/mol. The molecule has 0 unspecified atom stereocenters. The molecule has 0 N–H and O–H groups in total. The molecule has 2 heterocycles. The first-order valence-corrected chi connectivity index (χ1v) is 10.2. The van der Waals surface area contributed by atoms with E-state index in [0.29, 0.717) is 26.1 Å². The van der Waals surface area contributed by atoms with Crippen LogP contribution in [-0.4, -0.2) is 40.1 Å². The van der Waals surface area contributed by atoms with Crippen LogP contribution in [0.2, 0.25) is 0 Å². The van der Waals surface area contributed by atoms with Crippen LogP contribution in [0.15, 0.2) is 61.2 Å². The fourth-order valence-electron chi connectivity index (χ4n) is 3.97. The summed E-state index contributed by atoms with van der Waals surface area (Å²) < 4.78 is 8.16. The summed E-state index contributed by atoms with van der Waals surface area (Å²) in [6.45, 7) is 8.58. The summed E-state index contributed by atoms with van der Waals surface area (Å²) in [5, 5.41) is 0. The fourth-order valence-corrected chi connectivity index (χ4v) is 3.97. The van der Waals surface area contributed by atoms with Crippen molar-refractivity contribution < 1.29 is 9.53 Å². The van der Waals surface area contributed by atoms with Gasteiger partial charge in [-0.25, -0.2) is 4.98 Å². The minimum Gasteiger partial charge on any atom is -0.494 e. The summed E-state index contributed by atoms with van der Waals surface area (Å²) in [6, 6.07) is 16.3. The first-order chi connectivity index (χ1) is 14.2. The Bertz CT molecular complexity index is 1010. The van der Waals surface area contributed by atoms with E-state index in [1.54, 1.807) is 6.08 Å². The number of ether oxygens (including phenoxy) is 1. The van der Waals surface area contributed by atoms with Crippen molar-refractivity contribution in [3.05, 3.63) is 72.6 Å². The Morgan fingerprint density at radius 1 is 1.21 bits per heavy atom. The van der Waals surface area contributed by atoms with Crippen molar-refractivity contribution in [2.45, 2.75) is 32.2 Å². The summed E-state index contributed by atoms with van der Waals surface area (Å²) >= 11 is 0. The third-order valence-corrected chi connectivity index (χ3v) is 5.43. The van der Waals surface area contributed by atoms with Gasteiger partial charge in [-0.2, -0.15) is 0 Å². The van der Waals surface area contributed by atoms with Crippen LogP contribution in [0.5, 0.6) is 5.75 Å². The first kappa shape index (κ1) is 19.2. The molecule has 150 valence electrons. The highest BCUT2D eigenvalue weighted by molar-refractivity contribution is 5.81. The monoisotopic (exact) mass is 389 g/mol. The van der Waals surface area contributed by atoms with Crippen molar-refractivity contribution in [1.82, 2.24) is 14.5 Å². The quantitative estimate of drug-likeness (QED) is 0.426. The Morgan fingerprint density at radius 2 is 2.00 bits per heavy atom. The number of carbonyl (C=O) groups excluding carboxylic acids is 1. The summed E-state index contributed by atoms with van der Waals surface area (Å²) in [7, 11) is 0. The third-order valence-electron chi connectivity index (χ3n) is 5.43. The van der Waals surface area contributed by atoms with Crippen LogP contribution in [0.1, 0.15) is 30.1 Å². The van der Waals surface area contributed by atoms with E-state index in [9.17, 15) is 4.79 Å². The summed E-state index contributed by atoms with van der Waals surface area (Å²) in [5.74, 6) is 2.19. The van der Waals surface area contributed by atoms with Crippen LogP contribution in [0.4, 0.5) is 0 Å². The van der Waals surface area contributed by atoms with Crippen molar-refractivity contribution in [3.8, 4) is 5.75 Å². The SMILES string of the molecule is C=CCN1C[C@@H](c2nc3ccccc3n2CCCOc2ccc(C)cc2)CC1=O. The molecule has 1 atom stereocenters. The lowest BCUT2D eigenvalue weighted by Gasteiger charge is -2.16. The van der Waals surface area contributed by atoms with Gasteiger partial charge in [-0.1, -0.05) is 35.9 Å². The van der Waals surface area contributed by atoms with Gasteiger partial charge in [0.15, 0.2) is 0 Å². The molecule has 1 saturated heterocycles. The van der Waals surface area contributed by atoms with E-state index in [4.69, 9.17) is 9.72 Å². The van der Waals surface area contributed by atoms with E-state index < -0.39 is 0 Å². The van der Waals surface area contributed by atoms with Crippen LogP contribution >= 0.6 is 0 Å². The second kappa shape index (κ2) is 8.52. The number of hydrogen-bond donors (Lipinski definition) is 0. The lowest BCUT2D eigenvalue weighted by atomic mass is 10.1. The van der Waals surface area contributed by atoms with Gasteiger partial charge in [0.1, 0.15) is 11.6 Å². The van der Waals surface area contributed by atoms with E-state index in [1.807, 2.05) is 35.2 Å². The largest absolute Gasteiger partial charge is 0.494 e. The molecule has 1 aliphatic rings. The average Bonchev–Trinajstić information content (AvgIpc) is 3.27. The zero-order chi connectivity index (χ0) is 20.2. The Kier molecular flexibility index (Phi) is 5.65. The molecule has 0 saturated carbocycles. The Morgan fingerprint density at radius 3 is 2.79 bits per heavy atom. The number of hydrogen-bond acceptors (Lipinski definition) is 3. The van der Waals surface area contributed by atoms with Crippen molar-refractivity contribution in [3.63, 3.8) is 0 Å². The number of benzene rings is 2. The fraction of sp³-hybridized carbons (Fsp3) is 0.333. The van der Waals surface area contributed by atoms with E-state index in [1.165, 1.54) is 5.56 Å². The molecule has 2 aromatic carbocycles. The maximum atomic E-state index is 12.3. The highest BCUT2D eigenvalue weighted by Gasteiger charge is 2.33. The normalized spacial score (nSPS) is 16.5. The van der Waals surface area contributed by atoms with E-state index in [-0.39, 0.29) is 11.8 Å². The molecule has 0 bridgehead atoms. The summed E-state index contributed by atoms with van der Waals surface area (Å²) in [4.78, 5) is 19.1. The molecule has 4 rings (SSSR count). The van der Waals surface area contributed by atoms with Gasteiger partial charge in [0, 0.05) is 32.0 Å². The molecule has 0 spiro atoms. The second-order valence-electron chi connectivity index (χ2n) is 7.61. The number of nitrogens with zero attached hydrogens (tertiary/aromatic N) is 3. The number of amides is 1. The second-order valence-corrected chi connectivity index (χ2v) is 7.61. The standard InChI is InChI=1S/C24H27N3O2/c1-3-13-26-17-19(16-23(26)28)24-25-21-7-4-5-8-22(21)27(24)14-6-15-29-20-11-9-18(2)10-12-20/h3-5,7-12,19H,1,6,13-17H2,2H3/t19-/m0/s1. The topological polar surface area (TPSA) is 47.4 Å². The molecule has 1 fully saturated rings. The van der Waals surface area contributed by atoms with Gasteiger partial charge in [-0.15, -0.1) is 6.58 Å². The molecule has 1 aliphatic heterocycles. The molecule has 0 radical (unpaired) electrons. The van der Waals surface area contributed by atoms with Gasteiger partial charge in [-0.3, -0.25) is 4.79 Å². The zero-order valence-electron chi connectivity index (χ0n) is 16.9. The van der Waals surface area contributed by atoms with Crippen molar-refractivity contribution >= 4 is 16.9 Å². The number of para-hydroxylation sites is 2. The average molecular weight is 389 g/mol. The molecule has 0 aliphatic carbocycles. The van der Waals surface area contributed by atoms with Gasteiger partial charge in [-0.05, 0) is 37.6 Å². The smallest absolute Gasteiger partial charge is 0.223 e. The van der Waals surface area contributed by atoms with Gasteiger partial charge >= 0.3 is 0 Å². The highest BCUT2D eigenvalue weighted by atomic mass is 16.5. The first-order valence-electron chi connectivity index (χ1n) is 10.2. The maximum absolute atomic E-state index is 12.3. The zero-order valence-corrected chi connectivity index (χ0v) is 16.9. The molecule has 1 aromatic heterocycles. The summed E-state index contributed by atoms with van der Waals surface area (Å²) in [6.07, 6.45) is 3.17. The highest BCUT2D eigenvalue weighted by Crippen LogP contribution is 2.30.